The first-order valence-electron chi connectivity index (χ1n) is 8.18. The summed E-state index contributed by atoms with van der Waals surface area (Å²) in [6.07, 6.45) is 6.28. The molecule has 2 atom stereocenters. The topological polar surface area (TPSA) is 55.6 Å². The second-order valence-corrected chi connectivity index (χ2v) is 7.36. The lowest BCUT2D eigenvalue weighted by Crippen LogP contribution is -2.55. The Morgan fingerprint density at radius 2 is 2.26 bits per heavy atom. The van der Waals surface area contributed by atoms with Crippen molar-refractivity contribution in [1.82, 2.24) is 9.88 Å². The maximum atomic E-state index is 13.0. The molecule has 2 aromatic heterocycles. The van der Waals surface area contributed by atoms with Gasteiger partial charge in [0.2, 0.25) is 0 Å². The third-order valence-electron chi connectivity index (χ3n) is 4.72. The summed E-state index contributed by atoms with van der Waals surface area (Å²) in [5, 5.41) is 0.768. The van der Waals surface area contributed by atoms with Crippen molar-refractivity contribution in [2.24, 2.45) is 0 Å². The van der Waals surface area contributed by atoms with Crippen molar-refractivity contribution in [3.05, 3.63) is 29.0 Å². The van der Waals surface area contributed by atoms with Crippen LogP contribution >= 0.6 is 11.3 Å². The molecule has 0 radical (unpaired) electrons. The number of rotatable bonds is 2. The van der Waals surface area contributed by atoms with E-state index in [0.29, 0.717) is 18.8 Å². The van der Waals surface area contributed by atoms with Gasteiger partial charge in [0.1, 0.15) is 5.69 Å². The van der Waals surface area contributed by atoms with Crippen molar-refractivity contribution < 1.29 is 13.9 Å². The monoisotopic (exact) mass is 332 g/mol. The average Bonchev–Trinajstić information content (AvgIpc) is 3.23. The number of carbonyl (C=O) groups is 1. The van der Waals surface area contributed by atoms with Crippen LogP contribution in [0.4, 0.5) is 0 Å². The van der Waals surface area contributed by atoms with Gasteiger partial charge in [-0.05, 0) is 31.9 Å². The van der Waals surface area contributed by atoms with Gasteiger partial charge in [0, 0.05) is 11.4 Å². The fourth-order valence-electron chi connectivity index (χ4n) is 3.59. The van der Waals surface area contributed by atoms with E-state index >= 15 is 0 Å². The van der Waals surface area contributed by atoms with Crippen LogP contribution in [0.2, 0.25) is 0 Å². The molecule has 6 heteroatoms. The third-order valence-corrected chi connectivity index (χ3v) is 5.71. The van der Waals surface area contributed by atoms with E-state index in [0.717, 1.165) is 28.5 Å². The number of nitrogens with zero attached hydrogens (tertiary/aromatic N) is 2. The predicted molar refractivity (Wildman–Crippen MR) is 87.6 cm³/mol. The highest BCUT2D eigenvalue weighted by Gasteiger charge is 2.38. The van der Waals surface area contributed by atoms with Crippen molar-refractivity contribution in [3.8, 4) is 10.8 Å². The molecule has 1 aliphatic carbocycles. The summed E-state index contributed by atoms with van der Waals surface area (Å²) in [6.45, 7) is 3.24. The molecular formula is C17H20N2O3S. The molecule has 1 saturated carbocycles. The largest absolute Gasteiger partial charge is 0.462 e. The molecule has 2 aliphatic rings. The lowest BCUT2D eigenvalue weighted by Gasteiger charge is -2.43. The Balaban J connectivity index is 1.61. The number of aryl methyl sites for hydroxylation is 1. The molecule has 0 unspecified atom stereocenters. The zero-order valence-electron chi connectivity index (χ0n) is 13.2. The Morgan fingerprint density at radius 3 is 3.09 bits per heavy atom. The summed E-state index contributed by atoms with van der Waals surface area (Å²) in [4.78, 5) is 20.5. The third kappa shape index (κ3) is 2.70. The van der Waals surface area contributed by atoms with Crippen LogP contribution in [0.15, 0.2) is 22.8 Å². The van der Waals surface area contributed by atoms with Crippen molar-refractivity contribution in [3.63, 3.8) is 0 Å². The molecule has 0 N–H and O–H groups in total. The molecule has 5 nitrogen and oxygen atoms in total. The predicted octanol–water partition coefficient (Wildman–Crippen LogP) is 3.50. The summed E-state index contributed by atoms with van der Waals surface area (Å²) in [5.74, 6) is 0.756. The fourth-order valence-corrected chi connectivity index (χ4v) is 4.46. The first-order valence-corrected chi connectivity index (χ1v) is 8.99. The molecular weight excluding hydrogens is 312 g/mol. The van der Waals surface area contributed by atoms with E-state index < -0.39 is 0 Å². The Hall–Kier alpha value is -1.66. The number of fused-ring (bicyclic) bond motifs is 1. The van der Waals surface area contributed by atoms with Crippen LogP contribution < -0.4 is 0 Å². The van der Waals surface area contributed by atoms with E-state index in [1.54, 1.807) is 6.26 Å². The molecule has 122 valence electrons. The normalized spacial score (nSPS) is 24.5. The maximum Gasteiger partial charge on any atom is 0.274 e. The molecule has 0 bridgehead atoms. The van der Waals surface area contributed by atoms with E-state index in [9.17, 15) is 4.79 Å². The number of morpholine rings is 1. The summed E-state index contributed by atoms with van der Waals surface area (Å²) in [7, 11) is 0. The second-order valence-electron chi connectivity index (χ2n) is 6.16. The van der Waals surface area contributed by atoms with Crippen LogP contribution in [-0.2, 0) is 4.74 Å². The quantitative estimate of drug-likeness (QED) is 0.845. The number of amides is 1. The molecule has 4 rings (SSSR count). The molecule has 1 aliphatic heterocycles. The Kier molecular flexibility index (Phi) is 3.95. The van der Waals surface area contributed by atoms with Crippen LogP contribution in [0.1, 0.15) is 41.0 Å². The number of ether oxygens (including phenoxy) is 1. The number of aromatic nitrogens is 1. The van der Waals surface area contributed by atoms with E-state index in [2.05, 4.69) is 4.98 Å². The highest BCUT2D eigenvalue weighted by atomic mass is 32.1. The summed E-state index contributed by atoms with van der Waals surface area (Å²) in [5.41, 5.74) is 0.563. The van der Waals surface area contributed by atoms with Gasteiger partial charge in [-0.3, -0.25) is 4.79 Å². The van der Waals surface area contributed by atoms with Gasteiger partial charge in [0.15, 0.2) is 10.8 Å². The lowest BCUT2D eigenvalue weighted by molar-refractivity contribution is -0.0754. The van der Waals surface area contributed by atoms with Gasteiger partial charge < -0.3 is 14.1 Å². The van der Waals surface area contributed by atoms with Crippen molar-refractivity contribution >= 4 is 17.2 Å². The Labute approximate surface area is 139 Å². The molecule has 0 spiro atoms. The molecule has 3 heterocycles. The van der Waals surface area contributed by atoms with Crippen LogP contribution in [0.5, 0.6) is 0 Å². The van der Waals surface area contributed by atoms with Crippen molar-refractivity contribution in [2.75, 3.05) is 13.2 Å². The average molecular weight is 332 g/mol. The number of hydrogen-bond donors (Lipinski definition) is 0. The first-order chi connectivity index (χ1) is 11.2. The van der Waals surface area contributed by atoms with Gasteiger partial charge in [-0.15, -0.1) is 11.3 Å². The molecule has 23 heavy (non-hydrogen) atoms. The lowest BCUT2D eigenvalue weighted by atomic mass is 9.90. The van der Waals surface area contributed by atoms with Crippen LogP contribution in [0.25, 0.3) is 10.8 Å². The van der Waals surface area contributed by atoms with Gasteiger partial charge in [-0.2, -0.15) is 0 Å². The van der Waals surface area contributed by atoms with Gasteiger partial charge in [0.25, 0.3) is 5.91 Å². The Morgan fingerprint density at radius 1 is 1.39 bits per heavy atom. The minimum Gasteiger partial charge on any atom is -0.462 e. The van der Waals surface area contributed by atoms with Gasteiger partial charge in [-0.1, -0.05) is 12.8 Å². The number of hydrogen-bond acceptors (Lipinski definition) is 5. The van der Waals surface area contributed by atoms with E-state index in [-0.39, 0.29) is 18.1 Å². The smallest absolute Gasteiger partial charge is 0.274 e. The van der Waals surface area contributed by atoms with Crippen molar-refractivity contribution in [1.29, 1.82) is 0 Å². The zero-order chi connectivity index (χ0) is 15.8. The SMILES string of the molecule is Cc1sc(-c2ccco2)nc1C(=O)N1CCO[C@@H]2CCCC[C@@H]21. The fraction of sp³-hybridized carbons (Fsp3) is 0.529. The zero-order valence-corrected chi connectivity index (χ0v) is 14.0. The van der Waals surface area contributed by atoms with Gasteiger partial charge >= 0.3 is 0 Å². The standard InChI is InChI=1S/C17H20N2O3S/c1-11-15(18-16(23-11)14-7-4-9-21-14)17(20)19-8-10-22-13-6-3-2-5-12(13)19/h4,7,9,12-13H,2-3,5-6,8,10H2,1H3/t12-,13+/m0/s1. The van der Waals surface area contributed by atoms with Crippen LogP contribution in [-0.4, -0.2) is 41.1 Å². The van der Waals surface area contributed by atoms with E-state index in [1.165, 1.54) is 24.2 Å². The van der Waals surface area contributed by atoms with Gasteiger partial charge in [-0.25, -0.2) is 4.98 Å². The molecule has 2 fully saturated rings. The summed E-state index contributed by atoms with van der Waals surface area (Å²) < 4.78 is 11.3. The highest BCUT2D eigenvalue weighted by molar-refractivity contribution is 7.15. The molecule has 2 aromatic rings. The van der Waals surface area contributed by atoms with Gasteiger partial charge in [0.05, 0.1) is 25.0 Å². The minimum absolute atomic E-state index is 0.0387. The molecule has 1 amide bonds. The molecule has 0 aromatic carbocycles. The second kappa shape index (κ2) is 6.09. The number of thiazole rings is 1. The summed E-state index contributed by atoms with van der Waals surface area (Å²) in [6, 6.07) is 3.92. The number of carbonyl (C=O) groups excluding carboxylic acids is 1. The van der Waals surface area contributed by atoms with E-state index in [4.69, 9.17) is 9.15 Å². The number of furan rings is 1. The first kappa shape index (κ1) is 14.9. The van der Waals surface area contributed by atoms with Crippen LogP contribution in [0.3, 0.4) is 0 Å². The maximum absolute atomic E-state index is 13.0. The minimum atomic E-state index is 0.0387. The molecule has 1 saturated heterocycles. The van der Waals surface area contributed by atoms with Crippen molar-refractivity contribution in [2.45, 2.75) is 44.8 Å². The Bertz CT molecular complexity index is 693. The highest BCUT2D eigenvalue weighted by Crippen LogP contribution is 2.32. The van der Waals surface area contributed by atoms with Crippen LogP contribution in [0, 0.1) is 6.92 Å². The van der Waals surface area contributed by atoms with E-state index in [1.807, 2.05) is 24.0 Å². The summed E-state index contributed by atoms with van der Waals surface area (Å²) >= 11 is 1.51.